The van der Waals surface area contributed by atoms with E-state index in [9.17, 15) is 18.0 Å². The Morgan fingerprint density at radius 3 is 2.14 bits per heavy atom. The van der Waals surface area contributed by atoms with Crippen LogP contribution in [0.25, 0.3) is 0 Å². The molecule has 5 heteroatoms. The van der Waals surface area contributed by atoms with Crippen LogP contribution >= 0.6 is 0 Å². The lowest BCUT2D eigenvalue weighted by Gasteiger charge is -2.37. The third-order valence-electron chi connectivity index (χ3n) is 7.09. The van der Waals surface area contributed by atoms with Crippen LogP contribution in [-0.4, -0.2) is 5.97 Å². The van der Waals surface area contributed by atoms with Gasteiger partial charge in [0.25, 0.3) is 0 Å². The summed E-state index contributed by atoms with van der Waals surface area (Å²) in [6, 6.07) is 1.74. The zero-order valence-electron chi connectivity index (χ0n) is 17.4. The minimum absolute atomic E-state index is 0.288. The summed E-state index contributed by atoms with van der Waals surface area (Å²) in [6.45, 7) is 2.25. The van der Waals surface area contributed by atoms with Crippen molar-refractivity contribution in [1.29, 1.82) is 0 Å². The van der Waals surface area contributed by atoms with E-state index in [0.29, 0.717) is 5.92 Å². The molecule has 29 heavy (non-hydrogen) atoms. The van der Waals surface area contributed by atoms with Crippen molar-refractivity contribution in [3.05, 3.63) is 29.6 Å². The van der Waals surface area contributed by atoms with E-state index in [1.54, 1.807) is 0 Å². The number of rotatable bonds is 7. The van der Waals surface area contributed by atoms with Crippen molar-refractivity contribution in [2.45, 2.75) is 84.0 Å². The minimum Gasteiger partial charge on any atom is -0.423 e. The number of carbonyl (C=O) groups excluding carboxylic acids is 1. The van der Waals surface area contributed by atoms with E-state index in [2.05, 4.69) is 6.92 Å². The predicted molar refractivity (Wildman–Crippen MR) is 107 cm³/mol. The molecular weight excluding hydrogens is 377 g/mol. The first-order chi connectivity index (χ1) is 14.0. The third-order valence-corrected chi connectivity index (χ3v) is 7.09. The van der Waals surface area contributed by atoms with Crippen molar-refractivity contribution in [3.8, 4) is 5.75 Å². The highest BCUT2D eigenvalue weighted by Crippen LogP contribution is 2.42. The molecule has 2 saturated carbocycles. The highest BCUT2D eigenvalue weighted by molar-refractivity contribution is 5.75. The summed E-state index contributed by atoms with van der Waals surface area (Å²) in [5.41, 5.74) is 0. The molecule has 0 aliphatic heterocycles. The van der Waals surface area contributed by atoms with Crippen molar-refractivity contribution in [1.82, 2.24) is 0 Å². The smallest absolute Gasteiger partial charge is 0.314 e. The lowest BCUT2D eigenvalue weighted by atomic mass is 9.68. The van der Waals surface area contributed by atoms with Crippen LogP contribution in [0.15, 0.2) is 12.1 Å². The van der Waals surface area contributed by atoms with Gasteiger partial charge in [-0.2, -0.15) is 4.39 Å². The number of unbranched alkanes of at least 4 members (excludes halogenated alkanes) is 2. The average molecular weight is 411 g/mol. The Morgan fingerprint density at radius 2 is 1.52 bits per heavy atom. The van der Waals surface area contributed by atoms with Gasteiger partial charge in [-0.05, 0) is 68.4 Å². The average Bonchev–Trinajstić information content (AvgIpc) is 2.75. The Balaban J connectivity index is 1.42. The van der Waals surface area contributed by atoms with Gasteiger partial charge in [0.2, 0.25) is 5.82 Å². The molecule has 2 nitrogen and oxygen atoms in total. The van der Waals surface area contributed by atoms with Crippen LogP contribution in [-0.2, 0) is 4.79 Å². The van der Waals surface area contributed by atoms with Crippen LogP contribution in [0.2, 0.25) is 0 Å². The monoisotopic (exact) mass is 410 g/mol. The summed E-state index contributed by atoms with van der Waals surface area (Å²) < 4.78 is 45.1. The Hall–Kier alpha value is -1.52. The molecule has 162 valence electrons. The van der Waals surface area contributed by atoms with Crippen molar-refractivity contribution in [3.63, 3.8) is 0 Å². The molecule has 0 heterocycles. The van der Waals surface area contributed by atoms with Crippen LogP contribution in [0.4, 0.5) is 13.2 Å². The molecule has 0 saturated heterocycles. The second-order valence-corrected chi connectivity index (χ2v) is 8.98. The van der Waals surface area contributed by atoms with E-state index >= 15 is 0 Å². The second-order valence-electron chi connectivity index (χ2n) is 8.98. The molecule has 0 radical (unpaired) electrons. The number of carbonyl (C=O) groups is 1. The summed E-state index contributed by atoms with van der Waals surface area (Å²) >= 11 is 0. The largest absolute Gasteiger partial charge is 0.423 e. The molecule has 3 rings (SSSR count). The number of benzene rings is 1. The summed E-state index contributed by atoms with van der Waals surface area (Å²) in [6.07, 6.45) is 14.1. The molecule has 0 amide bonds. The van der Waals surface area contributed by atoms with Gasteiger partial charge in [-0.15, -0.1) is 0 Å². The first kappa shape index (κ1) is 22.2. The normalized spacial score (nSPS) is 27.6. The molecule has 0 atom stereocenters. The van der Waals surface area contributed by atoms with Gasteiger partial charge in [-0.1, -0.05) is 45.4 Å². The molecule has 0 aromatic heterocycles. The number of esters is 1. The van der Waals surface area contributed by atoms with E-state index in [1.165, 1.54) is 51.4 Å². The summed E-state index contributed by atoms with van der Waals surface area (Å²) in [7, 11) is 0. The van der Waals surface area contributed by atoms with E-state index in [1.807, 2.05) is 0 Å². The Bertz CT molecular complexity index is 675. The van der Waals surface area contributed by atoms with Crippen LogP contribution in [0.3, 0.4) is 0 Å². The molecule has 2 fully saturated rings. The molecule has 0 N–H and O–H groups in total. The van der Waals surface area contributed by atoms with Gasteiger partial charge in [0.1, 0.15) is 0 Å². The number of ether oxygens (including phenoxy) is 1. The molecule has 0 unspecified atom stereocenters. The molecule has 0 bridgehead atoms. The number of hydrogen-bond donors (Lipinski definition) is 0. The Labute approximate surface area is 172 Å². The molecular formula is C24H33F3O2. The van der Waals surface area contributed by atoms with Crippen LogP contribution < -0.4 is 4.74 Å². The zero-order valence-corrected chi connectivity index (χ0v) is 17.4. The summed E-state index contributed by atoms with van der Waals surface area (Å²) in [4.78, 5) is 12.4. The van der Waals surface area contributed by atoms with Gasteiger partial charge >= 0.3 is 5.97 Å². The first-order valence-electron chi connectivity index (χ1n) is 11.3. The SMILES string of the molecule is CCCCCC1CCC(C2CCC(C(=O)Oc3ccc(F)c(F)c3F)CC2)CC1. The first-order valence-corrected chi connectivity index (χ1v) is 11.3. The summed E-state index contributed by atoms with van der Waals surface area (Å²) in [5.74, 6) is -3.37. The molecule has 1 aromatic rings. The molecule has 1 aromatic carbocycles. The standard InChI is InChI=1S/C24H33F3O2/c1-2-3-4-5-16-6-8-17(9-7-16)18-10-12-19(13-11-18)24(28)29-21-15-14-20(25)22(26)23(21)27/h14-19H,2-13H2,1H3. The number of hydrogen-bond acceptors (Lipinski definition) is 2. The van der Waals surface area contributed by atoms with Crippen molar-refractivity contribution in [2.24, 2.45) is 23.7 Å². The Morgan fingerprint density at radius 1 is 0.897 bits per heavy atom. The van der Waals surface area contributed by atoms with E-state index in [-0.39, 0.29) is 5.92 Å². The van der Waals surface area contributed by atoms with Gasteiger partial charge in [0, 0.05) is 0 Å². The highest BCUT2D eigenvalue weighted by Gasteiger charge is 2.34. The maximum absolute atomic E-state index is 13.7. The minimum atomic E-state index is -1.61. The van der Waals surface area contributed by atoms with Gasteiger partial charge in [0.05, 0.1) is 5.92 Å². The van der Waals surface area contributed by atoms with Crippen LogP contribution in [0.5, 0.6) is 5.75 Å². The summed E-state index contributed by atoms with van der Waals surface area (Å²) in [5, 5.41) is 0. The Kier molecular flexibility index (Phi) is 8.02. The maximum Gasteiger partial charge on any atom is 0.314 e. The number of halogens is 3. The fraction of sp³-hybridized carbons (Fsp3) is 0.708. The van der Waals surface area contributed by atoms with Gasteiger partial charge in [-0.3, -0.25) is 4.79 Å². The zero-order chi connectivity index (χ0) is 20.8. The topological polar surface area (TPSA) is 26.3 Å². The highest BCUT2D eigenvalue weighted by atomic mass is 19.2. The molecule has 0 spiro atoms. The molecule has 2 aliphatic carbocycles. The molecule has 2 aliphatic rings. The third kappa shape index (κ3) is 5.76. The second kappa shape index (κ2) is 10.5. The van der Waals surface area contributed by atoms with E-state index in [0.717, 1.165) is 49.7 Å². The lowest BCUT2D eigenvalue weighted by Crippen LogP contribution is -2.30. The van der Waals surface area contributed by atoms with Gasteiger partial charge in [0.15, 0.2) is 17.4 Å². The van der Waals surface area contributed by atoms with Crippen molar-refractivity contribution < 1.29 is 22.7 Å². The van der Waals surface area contributed by atoms with Crippen molar-refractivity contribution >= 4 is 5.97 Å². The van der Waals surface area contributed by atoms with E-state index < -0.39 is 29.2 Å². The predicted octanol–water partition coefficient (Wildman–Crippen LogP) is 7.20. The maximum atomic E-state index is 13.7. The van der Waals surface area contributed by atoms with Gasteiger partial charge in [-0.25, -0.2) is 8.78 Å². The van der Waals surface area contributed by atoms with Crippen molar-refractivity contribution in [2.75, 3.05) is 0 Å². The lowest BCUT2D eigenvalue weighted by molar-refractivity contribution is -0.140. The van der Waals surface area contributed by atoms with Crippen LogP contribution in [0, 0.1) is 41.1 Å². The van der Waals surface area contributed by atoms with Gasteiger partial charge < -0.3 is 4.74 Å². The quantitative estimate of drug-likeness (QED) is 0.206. The fourth-order valence-electron chi connectivity index (χ4n) is 5.24. The van der Waals surface area contributed by atoms with Crippen LogP contribution in [0.1, 0.15) is 84.0 Å². The van der Waals surface area contributed by atoms with E-state index in [4.69, 9.17) is 4.74 Å². The fourth-order valence-corrected chi connectivity index (χ4v) is 5.24.